The minimum absolute atomic E-state index is 0.107. The number of hydrogen-bond donors (Lipinski definition) is 3. The topological polar surface area (TPSA) is 99.1 Å². The van der Waals surface area contributed by atoms with Gasteiger partial charge >= 0.3 is 5.97 Å². The zero-order valence-electron chi connectivity index (χ0n) is 21.6. The summed E-state index contributed by atoms with van der Waals surface area (Å²) < 4.78 is 0. The Morgan fingerprint density at radius 3 is 2.08 bits per heavy atom. The molecule has 2 aromatic carbocycles. The molecule has 1 amide bonds. The van der Waals surface area contributed by atoms with Gasteiger partial charge < -0.3 is 15.5 Å². The van der Waals surface area contributed by atoms with Crippen molar-refractivity contribution in [1.82, 2.24) is 10.4 Å². The lowest BCUT2D eigenvalue weighted by Gasteiger charge is -2.21. The number of carboxylic acid groups (broad SMARTS) is 1. The van der Waals surface area contributed by atoms with Crippen LogP contribution in [0.3, 0.4) is 0 Å². The van der Waals surface area contributed by atoms with Crippen molar-refractivity contribution in [3.8, 4) is 5.75 Å². The van der Waals surface area contributed by atoms with E-state index in [1.165, 1.54) is 51.4 Å². The van der Waals surface area contributed by atoms with Gasteiger partial charge in [-0.2, -0.15) is 5.06 Å². The van der Waals surface area contributed by atoms with Gasteiger partial charge in [0.2, 0.25) is 0 Å². The standard InChI is InChI=1S/C29H42N2O5/c1-2-3-4-5-6-7-8-9-10-11-19-30-29(35)26-14-12-13-25(20-26)22-31(36-23-28(33)34)21-24-15-17-27(32)18-16-24/h12-18,20,32H,2-11,19,21-23H2,1H3,(H,30,35)(H,33,34). The van der Waals surface area contributed by atoms with Gasteiger partial charge in [-0.3, -0.25) is 9.63 Å². The number of rotatable bonds is 19. The highest BCUT2D eigenvalue weighted by molar-refractivity contribution is 5.94. The highest BCUT2D eigenvalue weighted by Gasteiger charge is 2.12. The third-order valence-electron chi connectivity index (χ3n) is 6.03. The number of unbranched alkanes of at least 4 members (excludes halogenated alkanes) is 9. The molecule has 0 atom stereocenters. The first-order valence-corrected chi connectivity index (χ1v) is 13.2. The first-order chi connectivity index (χ1) is 17.5. The van der Waals surface area contributed by atoms with Gasteiger partial charge in [0.05, 0.1) is 0 Å². The highest BCUT2D eigenvalue weighted by atomic mass is 16.7. The van der Waals surface area contributed by atoms with Crippen LogP contribution in [-0.4, -0.2) is 40.3 Å². The number of nitrogens with one attached hydrogen (secondary N) is 1. The van der Waals surface area contributed by atoms with Crippen LogP contribution in [0.15, 0.2) is 48.5 Å². The van der Waals surface area contributed by atoms with Crippen LogP contribution >= 0.6 is 0 Å². The third kappa shape index (κ3) is 12.7. The Morgan fingerprint density at radius 2 is 1.44 bits per heavy atom. The average Bonchev–Trinajstić information content (AvgIpc) is 2.87. The van der Waals surface area contributed by atoms with Crippen molar-refractivity contribution in [2.24, 2.45) is 0 Å². The highest BCUT2D eigenvalue weighted by Crippen LogP contribution is 2.15. The van der Waals surface area contributed by atoms with Gasteiger partial charge in [-0.1, -0.05) is 89.0 Å². The number of hydrogen-bond acceptors (Lipinski definition) is 5. The minimum Gasteiger partial charge on any atom is -0.508 e. The van der Waals surface area contributed by atoms with Crippen LogP contribution < -0.4 is 5.32 Å². The van der Waals surface area contributed by atoms with Crippen LogP contribution in [0, 0.1) is 0 Å². The summed E-state index contributed by atoms with van der Waals surface area (Å²) in [5.41, 5.74) is 2.27. The summed E-state index contributed by atoms with van der Waals surface area (Å²) in [7, 11) is 0. The van der Waals surface area contributed by atoms with Crippen molar-refractivity contribution in [3.05, 3.63) is 65.2 Å². The molecule has 0 saturated carbocycles. The largest absolute Gasteiger partial charge is 0.508 e. The smallest absolute Gasteiger partial charge is 0.331 e. The number of nitrogens with zero attached hydrogens (tertiary/aromatic N) is 1. The summed E-state index contributed by atoms with van der Waals surface area (Å²) in [6, 6.07) is 13.9. The molecule has 0 aromatic heterocycles. The quantitative estimate of drug-likeness (QED) is 0.161. The molecule has 2 rings (SSSR count). The van der Waals surface area contributed by atoms with Gasteiger partial charge in [-0.25, -0.2) is 4.79 Å². The molecule has 0 unspecified atom stereocenters. The average molecular weight is 499 g/mol. The Hall–Kier alpha value is -2.90. The van der Waals surface area contributed by atoms with E-state index in [2.05, 4.69) is 12.2 Å². The molecular formula is C29H42N2O5. The van der Waals surface area contributed by atoms with E-state index in [-0.39, 0.29) is 11.7 Å². The van der Waals surface area contributed by atoms with Crippen molar-refractivity contribution in [2.75, 3.05) is 13.2 Å². The molecule has 0 heterocycles. The van der Waals surface area contributed by atoms with Crippen molar-refractivity contribution in [1.29, 1.82) is 0 Å². The molecule has 0 spiro atoms. The van der Waals surface area contributed by atoms with Crippen molar-refractivity contribution < 1.29 is 24.6 Å². The molecule has 0 fully saturated rings. The normalized spacial score (nSPS) is 11.1. The van der Waals surface area contributed by atoms with Crippen LogP contribution in [0.5, 0.6) is 5.75 Å². The van der Waals surface area contributed by atoms with Gasteiger partial charge in [0.1, 0.15) is 5.75 Å². The fourth-order valence-corrected chi connectivity index (χ4v) is 4.03. The summed E-state index contributed by atoms with van der Waals surface area (Å²) in [6.07, 6.45) is 12.6. The van der Waals surface area contributed by atoms with Gasteiger partial charge in [0.15, 0.2) is 6.61 Å². The molecule has 0 bridgehead atoms. The number of carbonyl (C=O) groups excluding carboxylic acids is 1. The zero-order chi connectivity index (χ0) is 26.0. The minimum atomic E-state index is -1.06. The molecule has 0 aliphatic heterocycles. The van der Waals surface area contributed by atoms with E-state index in [1.807, 2.05) is 18.2 Å². The molecule has 0 aliphatic rings. The van der Waals surface area contributed by atoms with Crippen molar-refractivity contribution >= 4 is 11.9 Å². The molecule has 0 radical (unpaired) electrons. The van der Waals surface area contributed by atoms with Crippen molar-refractivity contribution in [2.45, 2.75) is 84.2 Å². The molecule has 36 heavy (non-hydrogen) atoms. The second kappa shape index (κ2) is 17.5. The Morgan fingerprint density at radius 1 is 0.833 bits per heavy atom. The fourth-order valence-electron chi connectivity index (χ4n) is 4.03. The maximum Gasteiger partial charge on any atom is 0.331 e. The molecule has 0 aliphatic carbocycles. The van der Waals surface area contributed by atoms with Crippen LogP contribution in [0.25, 0.3) is 0 Å². The predicted octanol–water partition coefficient (Wildman–Crippen LogP) is 6.06. The van der Waals surface area contributed by atoms with Crippen LogP contribution in [-0.2, 0) is 22.7 Å². The molecule has 2 aromatic rings. The second-order valence-corrected chi connectivity index (χ2v) is 9.27. The van der Waals surface area contributed by atoms with E-state index in [4.69, 9.17) is 9.94 Å². The van der Waals surface area contributed by atoms with E-state index in [0.29, 0.717) is 25.2 Å². The number of carbonyl (C=O) groups is 2. The summed E-state index contributed by atoms with van der Waals surface area (Å²) in [4.78, 5) is 29.1. The molecule has 3 N–H and O–H groups in total. The molecule has 0 saturated heterocycles. The zero-order valence-corrected chi connectivity index (χ0v) is 21.6. The van der Waals surface area contributed by atoms with Gasteiger partial charge in [-0.15, -0.1) is 0 Å². The fraction of sp³-hybridized carbons (Fsp3) is 0.517. The van der Waals surface area contributed by atoms with Gasteiger partial charge in [0, 0.05) is 25.2 Å². The number of phenolic OH excluding ortho intramolecular Hbond substituents is 1. The summed E-state index contributed by atoms with van der Waals surface area (Å²) in [5.74, 6) is -1.01. The lowest BCUT2D eigenvalue weighted by Crippen LogP contribution is -2.27. The maximum absolute atomic E-state index is 12.6. The number of aromatic hydroxyl groups is 1. The lowest BCUT2D eigenvalue weighted by molar-refractivity contribution is -0.190. The van der Waals surface area contributed by atoms with Gasteiger partial charge in [-0.05, 0) is 41.8 Å². The molecular weight excluding hydrogens is 456 g/mol. The summed E-state index contributed by atoms with van der Waals surface area (Å²) >= 11 is 0. The number of hydroxylamine groups is 2. The van der Waals surface area contributed by atoms with E-state index in [0.717, 1.165) is 24.0 Å². The monoisotopic (exact) mass is 498 g/mol. The third-order valence-corrected chi connectivity index (χ3v) is 6.03. The summed E-state index contributed by atoms with van der Waals surface area (Å²) in [5, 5.41) is 23.0. The lowest BCUT2D eigenvalue weighted by atomic mass is 10.1. The van der Waals surface area contributed by atoms with Crippen LogP contribution in [0.2, 0.25) is 0 Å². The first kappa shape index (κ1) is 29.3. The van der Waals surface area contributed by atoms with Crippen LogP contribution in [0.1, 0.15) is 92.6 Å². The maximum atomic E-state index is 12.6. The summed E-state index contributed by atoms with van der Waals surface area (Å²) in [6.45, 7) is 3.09. The van der Waals surface area contributed by atoms with Crippen LogP contribution in [0.4, 0.5) is 0 Å². The first-order valence-electron chi connectivity index (χ1n) is 13.2. The predicted molar refractivity (Wildman–Crippen MR) is 142 cm³/mol. The van der Waals surface area contributed by atoms with E-state index in [9.17, 15) is 14.7 Å². The van der Waals surface area contributed by atoms with E-state index < -0.39 is 12.6 Å². The van der Waals surface area contributed by atoms with E-state index in [1.54, 1.807) is 35.4 Å². The molecule has 198 valence electrons. The number of benzene rings is 2. The number of carboxylic acids is 1. The molecule has 7 heteroatoms. The van der Waals surface area contributed by atoms with Crippen molar-refractivity contribution in [3.63, 3.8) is 0 Å². The Labute approximate surface area is 215 Å². The Bertz CT molecular complexity index is 901. The molecule has 7 nitrogen and oxygen atoms in total. The Balaban J connectivity index is 1.76. The second-order valence-electron chi connectivity index (χ2n) is 9.27. The van der Waals surface area contributed by atoms with Gasteiger partial charge in [0.25, 0.3) is 5.91 Å². The SMILES string of the molecule is CCCCCCCCCCCCNC(=O)c1cccc(CN(Cc2ccc(O)cc2)OCC(=O)O)c1. The Kier molecular flexibility index (Phi) is 14.3. The van der Waals surface area contributed by atoms with E-state index >= 15 is 0 Å². The number of amides is 1. The number of phenols is 1. The number of aliphatic carboxylic acids is 1.